The minimum Gasteiger partial charge on any atom is -0.462 e. The molecule has 0 spiro atoms. The number of hydrogen-bond donors (Lipinski definition) is 2. The molecule has 334 valence electrons. The van der Waals surface area contributed by atoms with Gasteiger partial charge in [0.15, 0.2) is 12.2 Å². The Kier molecular flexibility index (Phi) is 45.5. The summed E-state index contributed by atoms with van der Waals surface area (Å²) >= 11 is 0. The zero-order chi connectivity index (χ0) is 42.5. The van der Waals surface area contributed by atoms with Crippen LogP contribution in [0.15, 0.2) is 24.3 Å². The van der Waals surface area contributed by atoms with Crippen molar-refractivity contribution in [1.29, 1.82) is 0 Å². The number of carbonyl (C=O) groups is 4. The molecule has 0 aromatic heterocycles. The molecule has 0 saturated heterocycles. The highest BCUT2D eigenvalue weighted by Gasteiger charge is 2.15. The lowest BCUT2D eigenvalue weighted by atomic mass is 10.1. The highest BCUT2D eigenvalue weighted by Crippen LogP contribution is 2.12. The molecule has 10 nitrogen and oxygen atoms in total. The quantitative estimate of drug-likeness (QED) is 0.0266. The number of aliphatic hydroxyl groups excluding tert-OH is 2. The molecule has 0 radical (unpaired) electrons. The average Bonchev–Trinajstić information content (AvgIpc) is 3.20. The Bertz CT molecular complexity index is 979. The molecule has 2 N–H and O–H groups in total. The Morgan fingerprint density at radius 3 is 1.07 bits per heavy atom. The predicted molar refractivity (Wildman–Crippen MR) is 231 cm³/mol. The molecular formula is C47H86O10. The molecule has 0 rings (SSSR count). The van der Waals surface area contributed by atoms with Crippen molar-refractivity contribution in [3.63, 3.8) is 0 Å². The largest absolute Gasteiger partial charge is 0.462 e. The molecule has 10 heteroatoms. The van der Waals surface area contributed by atoms with Gasteiger partial charge in [-0.3, -0.25) is 19.2 Å². The summed E-state index contributed by atoms with van der Waals surface area (Å²) in [4.78, 5) is 45.3. The van der Waals surface area contributed by atoms with Crippen LogP contribution in [0.25, 0.3) is 0 Å². The molecule has 0 heterocycles. The van der Waals surface area contributed by atoms with Crippen molar-refractivity contribution >= 4 is 23.9 Å². The molecule has 0 fully saturated rings. The van der Waals surface area contributed by atoms with E-state index in [-0.39, 0.29) is 44.8 Å². The zero-order valence-electron chi connectivity index (χ0n) is 37.0. The van der Waals surface area contributed by atoms with Gasteiger partial charge in [-0.15, -0.1) is 0 Å². The zero-order valence-corrected chi connectivity index (χ0v) is 37.0. The average molecular weight is 811 g/mol. The number of ether oxygens (including phenoxy) is 4. The van der Waals surface area contributed by atoms with E-state index in [2.05, 4.69) is 38.2 Å². The molecule has 2 unspecified atom stereocenters. The fourth-order valence-electron chi connectivity index (χ4n) is 5.95. The van der Waals surface area contributed by atoms with E-state index in [1.54, 1.807) is 6.92 Å². The Balaban J connectivity index is 0. The van der Waals surface area contributed by atoms with E-state index >= 15 is 0 Å². The van der Waals surface area contributed by atoms with Gasteiger partial charge >= 0.3 is 23.9 Å². The lowest BCUT2D eigenvalue weighted by molar-refractivity contribution is -0.161. The van der Waals surface area contributed by atoms with Gasteiger partial charge in [0.25, 0.3) is 0 Å². The van der Waals surface area contributed by atoms with Crippen LogP contribution in [0.4, 0.5) is 0 Å². The molecule has 0 aromatic rings. The van der Waals surface area contributed by atoms with Gasteiger partial charge in [0.1, 0.15) is 13.2 Å². The topological polar surface area (TPSA) is 146 Å². The Hall–Kier alpha value is -2.72. The highest BCUT2D eigenvalue weighted by atomic mass is 16.6. The summed E-state index contributed by atoms with van der Waals surface area (Å²) in [7, 11) is 0. The van der Waals surface area contributed by atoms with Gasteiger partial charge in [-0.05, 0) is 64.2 Å². The molecule has 0 amide bonds. The van der Waals surface area contributed by atoms with Gasteiger partial charge in [0.05, 0.1) is 13.2 Å². The van der Waals surface area contributed by atoms with Crippen molar-refractivity contribution in [3.05, 3.63) is 24.3 Å². The standard InChI is InChI=1S/C24H44O5.C23H42O5/c1-3-5-6-7-8-9-10-11-12-13-14-15-16-17-18-19-24(27)28-21-22(20-25)29-23(26)4-2;1-3-4-5-6-7-8-9-10-11-12-13-14-15-16-17-18-23(26)27-20-22(19-24)28-21(2)25/h11-12,22,25H,3-10,13-21H2,1-2H3;10-11,22,24H,3-9,12-20H2,1-2H3/b12-11-;11-10-. The molecule has 0 bridgehead atoms. The van der Waals surface area contributed by atoms with Crippen molar-refractivity contribution in [3.8, 4) is 0 Å². The summed E-state index contributed by atoms with van der Waals surface area (Å²) in [5.41, 5.74) is 0. The second kappa shape index (κ2) is 46.0. The van der Waals surface area contributed by atoms with Crippen LogP contribution in [0.5, 0.6) is 0 Å². The van der Waals surface area contributed by atoms with Crippen LogP contribution in [0.3, 0.4) is 0 Å². The molecule has 57 heavy (non-hydrogen) atoms. The molecule has 0 saturated carbocycles. The highest BCUT2D eigenvalue weighted by molar-refractivity contribution is 5.70. The van der Waals surface area contributed by atoms with Crippen molar-refractivity contribution in [1.82, 2.24) is 0 Å². The molecule has 0 aliphatic rings. The molecule has 0 aromatic carbocycles. The van der Waals surface area contributed by atoms with E-state index in [0.717, 1.165) is 51.4 Å². The summed E-state index contributed by atoms with van der Waals surface area (Å²) < 4.78 is 19.9. The Labute approximate surface area is 348 Å². The van der Waals surface area contributed by atoms with Gasteiger partial charge in [0.2, 0.25) is 0 Å². The lowest BCUT2D eigenvalue weighted by Crippen LogP contribution is -2.28. The van der Waals surface area contributed by atoms with Crippen molar-refractivity contribution in [2.45, 2.75) is 226 Å². The van der Waals surface area contributed by atoms with Crippen LogP contribution in [-0.2, 0) is 38.1 Å². The number of unbranched alkanes of at least 4 members (excludes halogenated alkanes) is 22. The molecular weight excluding hydrogens is 725 g/mol. The monoisotopic (exact) mass is 811 g/mol. The number of carbonyl (C=O) groups excluding carboxylic acids is 4. The van der Waals surface area contributed by atoms with E-state index in [1.807, 2.05) is 0 Å². The van der Waals surface area contributed by atoms with Crippen LogP contribution in [0.1, 0.15) is 214 Å². The summed E-state index contributed by atoms with van der Waals surface area (Å²) in [5, 5.41) is 18.2. The summed E-state index contributed by atoms with van der Waals surface area (Å²) in [6.45, 7) is 6.59. The second-order valence-electron chi connectivity index (χ2n) is 15.1. The molecule has 0 aliphatic carbocycles. The number of aliphatic hydroxyl groups is 2. The lowest BCUT2D eigenvalue weighted by Gasteiger charge is -2.15. The van der Waals surface area contributed by atoms with E-state index < -0.39 is 24.1 Å². The first kappa shape index (κ1) is 56.4. The summed E-state index contributed by atoms with van der Waals surface area (Å²) in [6.07, 6.45) is 40.4. The third kappa shape index (κ3) is 45.8. The normalized spacial score (nSPS) is 12.2. The first-order valence-electron chi connectivity index (χ1n) is 22.9. The maximum Gasteiger partial charge on any atom is 0.305 e. The van der Waals surface area contributed by atoms with Gasteiger partial charge in [-0.1, -0.05) is 148 Å². The maximum absolute atomic E-state index is 11.7. The van der Waals surface area contributed by atoms with Crippen LogP contribution in [-0.4, -0.2) is 72.7 Å². The summed E-state index contributed by atoms with van der Waals surface area (Å²) in [5.74, 6) is -1.50. The second-order valence-corrected chi connectivity index (χ2v) is 15.1. The van der Waals surface area contributed by atoms with E-state index in [4.69, 9.17) is 29.2 Å². The van der Waals surface area contributed by atoms with Crippen molar-refractivity contribution < 1.29 is 48.3 Å². The SMILES string of the molecule is CCCCCCCC/C=C\CCCCCCCC(=O)OCC(CO)OC(=O)CC.CCCCCCCC/C=C\CCCCCCCC(=O)OCC(CO)OC(C)=O. The van der Waals surface area contributed by atoms with E-state index in [0.29, 0.717) is 12.8 Å². The molecule has 2 atom stereocenters. The van der Waals surface area contributed by atoms with Gasteiger partial charge in [0, 0.05) is 26.2 Å². The van der Waals surface area contributed by atoms with Gasteiger partial charge < -0.3 is 29.2 Å². The van der Waals surface area contributed by atoms with Gasteiger partial charge in [-0.25, -0.2) is 0 Å². The van der Waals surface area contributed by atoms with Crippen LogP contribution >= 0.6 is 0 Å². The first-order chi connectivity index (χ1) is 27.7. The van der Waals surface area contributed by atoms with E-state index in [9.17, 15) is 19.2 Å². The minimum absolute atomic E-state index is 0.0772. The van der Waals surface area contributed by atoms with E-state index in [1.165, 1.54) is 122 Å². The first-order valence-corrected chi connectivity index (χ1v) is 22.9. The Morgan fingerprint density at radius 2 is 0.754 bits per heavy atom. The Morgan fingerprint density at radius 1 is 0.439 bits per heavy atom. The van der Waals surface area contributed by atoms with Gasteiger partial charge in [-0.2, -0.15) is 0 Å². The number of rotatable bonds is 39. The fourth-order valence-corrected chi connectivity index (χ4v) is 5.95. The van der Waals surface area contributed by atoms with Crippen molar-refractivity contribution in [2.24, 2.45) is 0 Å². The minimum atomic E-state index is -0.768. The number of allylic oxidation sites excluding steroid dienone is 4. The smallest absolute Gasteiger partial charge is 0.305 e. The summed E-state index contributed by atoms with van der Waals surface area (Å²) in [6, 6.07) is 0. The third-order valence-corrected chi connectivity index (χ3v) is 9.47. The van der Waals surface area contributed by atoms with Crippen molar-refractivity contribution in [2.75, 3.05) is 26.4 Å². The maximum atomic E-state index is 11.7. The van der Waals surface area contributed by atoms with Crippen LogP contribution in [0, 0.1) is 0 Å². The van der Waals surface area contributed by atoms with Crippen LogP contribution in [0.2, 0.25) is 0 Å². The fraction of sp³-hybridized carbons (Fsp3) is 0.830. The van der Waals surface area contributed by atoms with Crippen LogP contribution < -0.4 is 0 Å². The number of esters is 4. The number of hydrogen-bond acceptors (Lipinski definition) is 10. The predicted octanol–water partition coefficient (Wildman–Crippen LogP) is 11.4. The third-order valence-electron chi connectivity index (χ3n) is 9.47. The molecule has 0 aliphatic heterocycles.